The quantitative estimate of drug-likeness (QED) is 0.207. The van der Waals surface area contributed by atoms with Crippen molar-refractivity contribution in [2.75, 3.05) is 4.81 Å². The van der Waals surface area contributed by atoms with Crippen LogP contribution < -0.4 is 29.6 Å². The van der Waals surface area contributed by atoms with E-state index in [2.05, 4.69) is 143 Å². The molecule has 0 fully saturated rings. The molecule has 0 unspecified atom stereocenters. The van der Waals surface area contributed by atoms with E-state index in [1.54, 1.807) is 0 Å². The van der Waals surface area contributed by atoms with Gasteiger partial charge in [0, 0.05) is 0 Å². The van der Waals surface area contributed by atoms with Gasteiger partial charge >= 0.3 is 105 Å². The number of benzene rings is 6. The van der Waals surface area contributed by atoms with E-state index in [0.29, 0.717) is 0 Å². The number of nitrogens with zero attached hydrogens (tertiary/aromatic N) is 1. The maximum absolute atomic E-state index is 3.30. The smallest absolute Gasteiger partial charge is 0.0253 e. The fourth-order valence-corrected chi connectivity index (χ4v) is 6.20. The van der Waals surface area contributed by atoms with Crippen LogP contribution in [0.4, 0.5) is 11.4 Å². The third kappa shape index (κ3) is 7.60. The van der Waals surface area contributed by atoms with Gasteiger partial charge in [0.2, 0.25) is 0 Å². The van der Waals surface area contributed by atoms with E-state index < -0.39 is 0 Å². The van der Waals surface area contributed by atoms with Gasteiger partial charge in [-0.1, -0.05) is 70.8 Å². The Bertz CT molecular complexity index is 1560. The second kappa shape index (κ2) is 15.9. The first-order chi connectivity index (χ1) is 20.3. The van der Waals surface area contributed by atoms with Crippen LogP contribution in [0.15, 0.2) is 146 Å². The summed E-state index contributed by atoms with van der Waals surface area (Å²) in [6.07, 6.45) is 2.10. The fraction of sp³-hybridized carbons (Fsp3) is 0.0526. The summed E-state index contributed by atoms with van der Waals surface area (Å²) in [5, 5.41) is 0. The van der Waals surface area contributed by atoms with Crippen molar-refractivity contribution in [3.63, 3.8) is 0 Å². The fourth-order valence-electron chi connectivity index (χ4n) is 5.47. The number of rotatable bonds is 3. The monoisotopic (exact) mass is 669 g/mol. The van der Waals surface area contributed by atoms with Crippen LogP contribution in [-0.2, 0) is 36.8 Å². The van der Waals surface area contributed by atoms with Crippen molar-refractivity contribution < 1.29 is 48.8 Å². The van der Waals surface area contributed by atoms with Gasteiger partial charge in [0.05, 0.1) is 0 Å². The second-order valence-corrected chi connectivity index (χ2v) is 10.6. The Hall–Kier alpha value is -3.35. The molecular formula is C38H28BCl2NZr-2. The molecule has 0 radical (unpaired) electrons. The molecule has 2 aliphatic carbocycles. The van der Waals surface area contributed by atoms with Gasteiger partial charge in [-0.25, -0.2) is 0 Å². The Kier molecular flexibility index (Phi) is 12.1. The SMILES string of the molecule is [Cl-].[Cl-].[Zr+2]=[B]N(c1ccccc1)c1ccccc1.[c-]1cccc2c1Cc1ccccc1-2.[c-]1cccc2c1Cc1ccccc1-2. The van der Waals surface area contributed by atoms with Crippen LogP contribution in [0.5, 0.6) is 0 Å². The summed E-state index contributed by atoms with van der Waals surface area (Å²) in [7, 11) is 0. The molecule has 0 N–H and O–H groups in total. The minimum Gasteiger partial charge on any atom is -0.179 e. The van der Waals surface area contributed by atoms with Gasteiger partial charge in [-0.05, 0) is 12.8 Å². The van der Waals surface area contributed by atoms with Crippen LogP contribution in [0.3, 0.4) is 0 Å². The zero-order valence-corrected chi connectivity index (χ0v) is 27.5. The van der Waals surface area contributed by atoms with Gasteiger partial charge in [-0.3, -0.25) is 0 Å². The molecule has 6 aromatic rings. The van der Waals surface area contributed by atoms with Crippen LogP contribution in [0.2, 0.25) is 0 Å². The first kappa shape index (κ1) is 32.6. The largest absolute Gasteiger partial charge is 0.179 e. The van der Waals surface area contributed by atoms with E-state index in [1.807, 2.05) is 24.3 Å². The topological polar surface area (TPSA) is 3.24 Å². The number of anilines is 2. The van der Waals surface area contributed by atoms with E-state index in [4.69, 9.17) is 0 Å². The van der Waals surface area contributed by atoms with Crippen molar-refractivity contribution in [2.45, 2.75) is 12.8 Å². The molecule has 0 saturated carbocycles. The predicted octanol–water partition coefficient (Wildman–Crippen LogP) is 3.03. The molecule has 8 rings (SSSR count). The summed E-state index contributed by atoms with van der Waals surface area (Å²) < 4.78 is 2.16. The standard InChI is InChI=1S/2C13H9.C12H10BN.2ClH.Zr/c2*1-3-7-12-10(5-1)9-11-6-2-4-8-13(11)12;13-14(11-7-3-1-4-8-11)12-9-5-2-6-10-12;;;/h2*1-5,7-8H,9H2;1-10H;2*1H;/q2*-1;;;;+2/p-2. The maximum Gasteiger partial charge on any atom is -0.0253 e. The van der Waals surface area contributed by atoms with Crippen molar-refractivity contribution >= 4 is 15.9 Å². The average Bonchev–Trinajstić information content (AvgIpc) is 3.62. The molecule has 0 bridgehead atoms. The molecule has 2 aliphatic rings. The molecule has 208 valence electrons. The van der Waals surface area contributed by atoms with Gasteiger partial charge in [0.15, 0.2) is 0 Å². The summed E-state index contributed by atoms with van der Waals surface area (Å²) in [6, 6.07) is 57.0. The molecule has 1 nitrogen and oxygen atoms in total. The molecule has 6 aromatic carbocycles. The third-order valence-electron chi connectivity index (χ3n) is 7.43. The zero-order valence-electron chi connectivity index (χ0n) is 23.6. The van der Waals surface area contributed by atoms with Gasteiger partial charge in [-0.2, -0.15) is 59.7 Å². The molecule has 0 aromatic heterocycles. The number of hydrogen-bond acceptors (Lipinski definition) is 1. The van der Waals surface area contributed by atoms with Crippen LogP contribution in [0, 0.1) is 12.1 Å². The average molecular weight is 672 g/mol. The van der Waals surface area contributed by atoms with Crippen LogP contribution in [-0.4, -0.2) is 4.51 Å². The van der Waals surface area contributed by atoms with Crippen LogP contribution in [0.25, 0.3) is 22.3 Å². The predicted molar refractivity (Wildman–Crippen MR) is 168 cm³/mol. The van der Waals surface area contributed by atoms with Crippen molar-refractivity contribution in [1.82, 2.24) is 0 Å². The van der Waals surface area contributed by atoms with E-state index in [-0.39, 0.29) is 24.8 Å². The van der Waals surface area contributed by atoms with Crippen molar-refractivity contribution in [2.24, 2.45) is 0 Å². The summed E-state index contributed by atoms with van der Waals surface area (Å²) in [4.78, 5) is 2.21. The minimum absolute atomic E-state index is 0. The normalized spacial score (nSPS) is 10.7. The van der Waals surface area contributed by atoms with E-state index in [1.165, 1.54) is 79.9 Å². The van der Waals surface area contributed by atoms with Crippen molar-refractivity contribution in [1.29, 1.82) is 0 Å². The van der Waals surface area contributed by atoms with Crippen LogP contribution >= 0.6 is 0 Å². The molecule has 0 atom stereocenters. The Balaban J connectivity index is 0.000000145. The van der Waals surface area contributed by atoms with Crippen molar-refractivity contribution in [3.05, 3.63) is 180 Å². The number of halogens is 2. The summed E-state index contributed by atoms with van der Waals surface area (Å²) >= 11 is 1.39. The van der Waals surface area contributed by atoms with E-state index in [9.17, 15) is 0 Å². The van der Waals surface area contributed by atoms with Gasteiger partial charge in [-0.15, -0.1) is 11.1 Å². The Labute approximate surface area is 282 Å². The summed E-state index contributed by atoms with van der Waals surface area (Å²) in [5.74, 6) is 0. The molecule has 0 amide bonds. The number of para-hydroxylation sites is 2. The molecular weight excluding hydrogens is 643 g/mol. The summed E-state index contributed by atoms with van der Waals surface area (Å²) in [6.45, 7) is 0. The van der Waals surface area contributed by atoms with E-state index in [0.717, 1.165) is 12.8 Å². The molecule has 43 heavy (non-hydrogen) atoms. The molecule has 0 heterocycles. The molecule has 5 heteroatoms. The zero-order chi connectivity index (χ0) is 27.9. The van der Waals surface area contributed by atoms with Gasteiger partial charge in [0.1, 0.15) is 0 Å². The number of hydrogen-bond donors (Lipinski definition) is 0. The Morgan fingerprint density at radius 3 is 1.26 bits per heavy atom. The minimum atomic E-state index is 0. The Morgan fingerprint density at radius 1 is 0.465 bits per heavy atom. The maximum atomic E-state index is 3.30. The van der Waals surface area contributed by atoms with Gasteiger partial charge in [0.25, 0.3) is 0 Å². The second-order valence-electron chi connectivity index (χ2n) is 9.96. The Morgan fingerprint density at radius 2 is 0.837 bits per heavy atom. The summed E-state index contributed by atoms with van der Waals surface area (Å²) in [5.41, 5.74) is 13.4. The van der Waals surface area contributed by atoms with Crippen LogP contribution in [0.1, 0.15) is 22.3 Å². The first-order valence-electron chi connectivity index (χ1n) is 13.9. The van der Waals surface area contributed by atoms with Gasteiger partial charge < -0.3 is 24.8 Å². The molecule has 0 spiro atoms. The van der Waals surface area contributed by atoms with E-state index >= 15 is 0 Å². The third-order valence-corrected chi connectivity index (χ3v) is 8.07. The first-order valence-corrected chi connectivity index (χ1v) is 15.3. The molecule has 0 aliphatic heterocycles. The van der Waals surface area contributed by atoms with Crippen molar-refractivity contribution in [3.8, 4) is 22.3 Å². The number of fused-ring (bicyclic) bond motifs is 6. The molecule has 0 saturated heterocycles.